The Morgan fingerprint density at radius 3 is 2.57 bits per heavy atom. The Balaban J connectivity index is 1.64. The van der Waals surface area contributed by atoms with Crippen LogP contribution in [0.15, 0.2) is 41.2 Å². The molecule has 7 nitrogen and oxygen atoms in total. The van der Waals surface area contributed by atoms with Gasteiger partial charge in [-0.15, -0.1) is 0 Å². The number of halogens is 2. The topological polar surface area (TPSA) is 88.5 Å². The minimum Gasteiger partial charge on any atom is -0.326 e. The number of sulfonamides is 1. The molecule has 0 aliphatic rings. The lowest BCUT2D eigenvalue weighted by Gasteiger charge is -2.22. The molecule has 0 aliphatic heterocycles. The van der Waals surface area contributed by atoms with Gasteiger partial charge in [-0.3, -0.25) is 13.9 Å². The largest absolute Gasteiger partial charge is 0.326 e. The molecule has 0 saturated carbocycles. The van der Waals surface area contributed by atoms with Crippen molar-refractivity contribution in [2.45, 2.75) is 12.8 Å². The second kappa shape index (κ2) is 8.52. The summed E-state index contributed by atoms with van der Waals surface area (Å²) in [6, 6.07) is 7.93. The predicted molar refractivity (Wildman–Crippen MR) is 113 cm³/mol. The van der Waals surface area contributed by atoms with E-state index in [-0.39, 0.29) is 35.9 Å². The summed E-state index contributed by atoms with van der Waals surface area (Å²) in [6.45, 7) is -0.0728. The summed E-state index contributed by atoms with van der Waals surface area (Å²) in [6.07, 6.45) is 1.13. The molecular weight excluding hydrogens is 436 g/mol. The third-order valence-corrected chi connectivity index (χ3v) is 6.62. The highest BCUT2D eigenvalue weighted by Gasteiger charge is 2.19. The highest BCUT2D eigenvalue weighted by atomic mass is 32.2. The van der Waals surface area contributed by atoms with Crippen molar-refractivity contribution in [1.29, 1.82) is 0 Å². The lowest BCUT2D eigenvalue weighted by molar-refractivity contribution is -0.116. The smallest absolute Gasteiger partial charge is 0.307 e. The van der Waals surface area contributed by atoms with Gasteiger partial charge in [-0.25, -0.2) is 17.2 Å². The Morgan fingerprint density at radius 1 is 1.17 bits per heavy atom. The number of anilines is 2. The van der Waals surface area contributed by atoms with Gasteiger partial charge >= 0.3 is 4.87 Å². The van der Waals surface area contributed by atoms with Crippen LogP contribution in [-0.2, 0) is 21.9 Å². The molecule has 11 heteroatoms. The average Bonchev–Trinajstić information content (AvgIpc) is 2.94. The number of thiazole rings is 1. The summed E-state index contributed by atoms with van der Waals surface area (Å²) >= 11 is 1.07. The summed E-state index contributed by atoms with van der Waals surface area (Å²) in [5.41, 5.74) is 1.27. The lowest BCUT2D eigenvalue weighted by atomic mass is 10.2. The van der Waals surface area contributed by atoms with Crippen LogP contribution in [0.2, 0.25) is 0 Å². The Kier molecular flexibility index (Phi) is 6.22. The first-order valence-corrected chi connectivity index (χ1v) is 11.5. The molecule has 0 radical (unpaired) electrons. The number of amides is 1. The molecule has 3 aromatic rings. The average molecular weight is 456 g/mol. The highest BCUT2D eigenvalue weighted by molar-refractivity contribution is 7.92. The van der Waals surface area contributed by atoms with E-state index >= 15 is 0 Å². The van der Waals surface area contributed by atoms with E-state index in [1.165, 1.54) is 10.6 Å². The quantitative estimate of drug-likeness (QED) is 0.593. The van der Waals surface area contributed by atoms with E-state index < -0.39 is 21.7 Å². The summed E-state index contributed by atoms with van der Waals surface area (Å²) < 4.78 is 53.9. The van der Waals surface area contributed by atoms with Crippen LogP contribution in [0.5, 0.6) is 0 Å². The molecular formula is C19H19F2N3O4S2. The molecule has 1 N–H and O–H groups in total. The molecule has 2 aromatic carbocycles. The van der Waals surface area contributed by atoms with Gasteiger partial charge in [-0.05, 0) is 36.8 Å². The molecule has 0 atom stereocenters. The Labute approximate surface area is 175 Å². The molecule has 1 aromatic heterocycles. The monoisotopic (exact) mass is 455 g/mol. The number of aryl methyl sites for hydroxylation is 1. The predicted octanol–water partition coefficient (Wildman–Crippen LogP) is 3.06. The van der Waals surface area contributed by atoms with Gasteiger partial charge in [0.1, 0.15) is 0 Å². The normalized spacial score (nSPS) is 11.6. The van der Waals surface area contributed by atoms with Crippen molar-refractivity contribution in [3.05, 3.63) is 57.7 Å². The van der Waals surface area contributed by atoms with Crippen LogP contribution in [0, 0.1) is 11.6 Å². The summed E-state index contributed by atoms with van der Waals surface area (Å²) in [5, 5.41) is 2.71. The maximum atomic E-state index is 13.5. The fraction of sp³-hybridized carbons (Fsp3) is 0.263. The van der Waals surface area contributed by atoms with Crippen LogP contribution < -0.4 is 14.5 Å². The summed E-state index contributed by atoms with van der Waals surface area (Å²) in [4.78, 5) is 23.8. The second-order valence-electron chi connectivity index (χ2n) is 6.69. The molecule has 0 spiro atoms. The fourth-order valence-electron chi connectivity index (χ4n) is 2.94. The van der Waals surface area contributed by atoms with Crippen molar-refractivity contribution in [3.8, 4) is 0 Å². The zero-order valence-corrected chi connectivity index (χ0v) is 17.8. The van der Waals surface area contributed by atoms with E-state index in [2.05, 4.69) is 5.32 Å². The summed E-state index contributed by atoms with van der Waals surface area (Å²) in [5.74, 6) is -2.57. The van der Waals surface area contributed by atoms with Gasteiger partial charge in [0.05, 0.1) is 22.2 Å². The van der Waals surface area contributed by atoms with Gasteiger partial charge in [0, 0.05) is 31.8 Å². The maximum Gasteiger partial charge on any atom is 0.307 e. The molecule has 1 heterocycles. The van der Waals surface area contributed by atoms with Crippen LogP contribution in [0.4, 0.5) is 20.2 Å². The van der Waals surface area contributed by atoms with E-state index in [0.29, 0.717) is 5.69 Å². The minimum absolute atomic E-state index is 0.0127. The van der Waals surface area contributed by atoms with Crippen LogP contribution in [0.25, 0.3) is 10.2 Å². The Hall–Kier alpha value is -2.79. The van der Waals surface area contributed by atoms with Crippen molar-refractivity contribution in [3.63, 3.8) is 0 Å². The maximum absolute atomic E-state index is 13.5. The molecule has 3 rings (SSSR count). The van der Waals surface area contributed by atoms with Crippen molar-refractivity contribution >= 4 is 48.9 Å². The number of carbonyl (C=O) groups excluding carboxylic acids is 1. The Bertz CT molecular complexity index is 1270. The highest BCUT2D eigenvalue weighted by Crippen LogP contribution is 2.23. The zero-order chi connectivity index (χ0) is 22.1. The minimum atomic E-state index is -3.75. The van der Waals surface area contributed by atoms with Gasteiger partial charge in [-0.2, -0.15) is 0 Å². The van der Waals surface area contributed by atoms with Gasteiger partial charge in [-0.1, -0.05) is 11.3 Å². The van der Waals surface area contributed by atoms with Gasteiger partial charge in [0.15, 0.2) is 11.6 Å². The number of rotatable bonds is 7. The number of fused-ring (bicyclic) bond motifs is 1. The van der Waals surface area contributed by atoms with Crippen LogP contribution in [0.1, 0.15) is 12.8 Å². The third kappa shape index (κ3) is 4.85. The first kappa shape index (κ1) is 21.9. The van der Waals surface area contributed by atoms with Crippen molar-refractivity contribution < 1.29 is 22.0 Å². The van der Waals surface area contributed by atoms with E-state index in [9.17, 15) is 26.8 Å². The van der Waals surface area contributed by atoms with Gasteiger partial charge in [0.2, 0.25) is 15.9 Å². The third-order valence-electron chi connectivity index (χ3n) is 4.43. The van der Waals surface area contributed by atoms with Crippen molar-refractivity contribution in [2.75, 3.05) is 22.4 Å². The SMILES string of the molecule is Cn1c(=O)sc2cc(NC(=O)CCCN(c3ccc(F)c(F)c3)S(C)(=O)=O)ccc21. The van der Waals surface area contributed by atoms with E-state index in [4.69, 9.17) is 0 Å². The molecule has 0 unspecified atom stereocenters. The van der Waals surface area contributed by atoms with E-state index in [0.717, 1.165) is 44.2 Å². The number of nitrogens with one attached hydrogen (secondary N) is 1. The molecule has 0 bridgehead atoms. The summed E-state index contributed by atoms with van der Waals surface area (Å²) in [7, 11) is -2.08. The van der Waals surface area contributed by atoms with Crippen molar-refractivity contribution in [1.82, 2.24) is 4.57 Å². The molecule has 160 valence electrons. The number of hydrogen-bond acceptors (Lipinski definition) is 5. The van der Waals surface area contributed by atoms with Crippen LogP contribution >= 0.6 is 11.3 Å². The van der Waals surface area contributed by atoms with E-state index in [1.807, 2.05) is 0 Å². The molecule has 0 fully saturated rings. The second-order valence-corrected chi connectivity index (χ2v) is 9.59. The van der Waals surface area contributed by atoms with Crippen LogP contribution in [-0.4, -0.2) is 31.7 Å². The lowest BCUT2D eigenvalue weighted by Crippen LogP contribution is -2.31. The number of aromatic nitrogens is 1. The fourth-order valence-corrected chi connectivity index (χ4v) is 4.82. The number of hydrogen-bond donors (Lipinski definition) is 1. The Morgan fingerprint density at radius 2 is 1.90 bits per heavy atom. The van der Waals surface area contributed by atoms with Crippen molar-refractivity contribution in [2.24, 2.45) is 7.05 Å². The zero-order valence-electron chi connectivity index (χ0n) is 16.2. The first-order valence-electron chi connectivity index (χ1n) is 8.88. The van der Waals surface area contributed by atoms with Gasteiger partial charge < -0.3 is 9.88 Å². The molecule has 1 amide bonds. The molecule has 30 heavy (non-hydrogen) atoms. The standard InChI is InChI=1S/C19H19F2N3O4S2/c1-23-16-8-5-12(10-17(16)29-19(23)26)22-18(25)4-3-9-24(30(2,27)28)13-6-7-14(20)15(21)11-13/h5-8,10-11H,3-4,9H2,1-2H3,(H,22,25). The molecule has 0 aliphatic carbocycles. The number of nitrogens with zero attached hydrogens (tertiary/aromatic N) is 2. The first-order chi connectivity index (χ1) is 14.1. The molecule has 0 saturated heterocycles. The number of benzene rings is 2. The van der Waals surface area contributed by atoms with Crippen LogP contribution in [0.3, 0.4) is 0 Å². The number of carbonyl (C=O) groups is 1. The van der Waals surface area contributed by atoms with E-state index in [1.54, 1.807) is 25.2 Å². The van der Waals surface area contributed by atoms with Gasteiger partial charge in [0.25, 0.3) is 0 Å².